The lowest BCUT2D eigenvalue weighted by molar-refractivity contribution is -0.113. The molecule has 0 N–H and O–H groups in total. The van der Waals surface area contributed by atoms with E-state index in [9.17, 15) is 4.79 Å². The van der Waals surface area contributed by atoms with Gasteiger partial charge in [-0.05, 0) is 19.4 Å². The number of hydrogen-bond donors (Lipinski definition) is 0. The van der Waals surface area contributed by atoms with Crippen molar-refractivity contribution in [2.45, 2.75) is 13.8 Å². The highest BCUT2D eigenvalue weighted by atomic mass is 35.5. The number of carbonyl (C=O) groups is 1. The minimum atomic E-state index is 0.00849. The zero-order chi connectivity index (χ0) is 6.57. The highest BCUT2D eigenvalue weighted by Gasteiger charge is 1.97. The Bertz CT molecular complexity index is 116. The third-order valence-electron chi connectivity index (χ3n) is 0.994. The number of ketones is 1. The molecular weight excluding hydrogens is 124 g/mol. The monoisotopic (exact) mass is 132 g/mol. The number of rotatable bonds is 2. The van der Waals surface area contributed by atoms with Crippen LogP contribution in [0, 0.1) is 0 Å². The average Bonchev–Trinajstić information content (AvgIpc) is 1.84. The summed E-state index contributed by atoms with van der Waals surface area (Å²) in [4.78, 5) is 10.5. The number of carbonyl (C=O) groups excluding carboxylic acids is 1. The first-order valence-corrected chi connectivity index (χ1v) is 2.98. The molecule has 0 rings (SSSR count). The first-order valence-electron chi connectivity index (χ1n) is 2.44. The largest absolute Gasteiger partial charge is 0.293 e. The maximum absolute atomic E-state index is 10.5. The van der Waals surface area contributed by atoms with Crippen LogP contribution in [0.15, 0.2) is 11.6 Å². The van der Waals surface area contributed by atoms with Crippen molar-refractivity contribution >= 4 is 17.4 Å². The molecule has 0 saturated heterocycles. The van der Waals surface area contributed by atoms with Gasteiger partial charge in [0.2, 0.25) is 0 Å². The molecule has 0 fully saturated rings. The summed E-state index contributed by atoms with van der Waals surface area (Å²) in [7, 11) is 0. The molecule has 0 aliphatic carbocycles. The van der Waals surface area contributed by atoms with Gasteiger partial charge >= 0.3 is 0 Å². The third kappa shape index (κ3) is 2.12. The molecule has 0 aromatic rings. The van der Waals surface area contributed by atoms with Gasteiger partial charge < -0.3 is 0 Å². The molecule has 46 valence electrons. The van der Waals surface area contributed by atoms with E-state index in [0.29, 0.717) is 0 Å². The fourth-order valence-corrected chi connectivity index (χ4v) is 0.477. The third-order valence-corrected chi connectivity index (χ3v) is 1.24. The second-order valence-corrected chi connectivity index (χ2v) is 1.80. The number of Topliss-reactive ketones (excluding diaryl/α,β-unsaturated/α-hetero) is 1. The lowest BCUT2D eigenvalue weighted by atomic mass is 10.2. The lowest BCUT2D eigenvalue weighted by Gasteiger charge is -1.89. The van der Waals surface area contributed by atoms with Gasteiger partial charge in [-0.3, -0.25) is 4.79 Å². The van der Waals surface area contributed by atoms with Crippen LogP contribution in [-0.4, -0.2) is 11.7 Å². The molecule has 8 heavy (non-hydrogen) atoms. The first-order chi connectivity index (χ1) is 3.72. The summed E-state index contributed by atoms with van der Waals surface area (Å²) in [6.07, 6.45) is 1.75. The second kappa shape index (κ2) is 3.67. The van der Waals surface area contributed by atoms with E-state index in [0.717, 1.165) is 5.57 Å². The molecule has 0 saturated carbocycles. The minimum Gasteiger partial charge on any atom is -0.293 e. The molecule has 2 heteroatoms. The summed E-state index contributed by atoms with van der Waals surface area (Å²) in [5.74, 6) is 0.102. The van der Waals surface area contributed by atoms with Gasteiger partial charge in [0.25, 0.3) is 0 Å². The van der Waals surface area contributed by atoms with Crippen LogP contribution in [0.4, 0.5) is 0 Å². The van der Waals surface area contributed by atoms with Crippen molar-refractivity contribution in [3.05, 3.63) is 11.6 Å². The summed E-state index contributed by atoms with van der Waals surface area (Å²) < 4.78 is 0. The molecule has 0 aliphatic rings. The molecule has 0 atom stereocenters. The smallest absolute Gasteiger partial charge is 0.172 e. The van der Waals surface area contributed by atoms with Crippen LogP contribution in [0.3, 0.4) is 0 Å². The van der Waals surface area contributed by atoms with Gasteiger partial charge in [-0.1, -0.05) is 6.08 Å². The van der Waals surface area contributed by atoms with E-state index in [1.807, 2.05) is 6.92 Å². The van der Waals surface area contributed by atoms with E-state index in [-0.39, 0.29) is 11.7 Å². The SMILES string of the molecule is CC=C(C)C(=O)CCl. The quantitative estimate of drug-likeness (QED) is 0.413. The fourth-order valence-electron chi connectivity index (χ4n) is 0.266. The van der Waals surface area contributed by atoms with E-state index in [1.165, 1.54) is 0 Å². The Morgan fingerprint density at radius 3 is 2.38 bits per heavy atom. The van der Waals surface area contributed by atoms with E-state index in [1.54, 1.807) is 13.0 Å². The van der Waals surface area contributed by atoms with Crippen LogP contribution in [0.25, 0.3) is 0 Å². The van der Waals surface area contributed by atoms with Crippen molar-refractivity contribution in [1.82, 2.24) is 0 Å². The minimum absolute atomic E-state index is 0.00849. The zero-order valence-corrected chi connectivity index (χ0v) is 5.83. The summed E-state index contributed by atoms with van der Waals surface area (Å²) in [6, 6.07) is 0. The van der Waals surface area contributed by atoms with E-state index < -0.39 is 0 Å². The van der Waals surface area contributed by atoms with Gasteiger partial charge in [0.05, 0.1) is 5.88 Å². The van der Waals surface area contributed by atoms with Gasteiger partial charge in [-0.25, -0.2) is 0 Å². The number of hydrogen-bond acceptors (Lipinski definition) is 1. The van der Waals surface area contributed by atoms with Crippen molar-refractivity contribution < 1.29 is 4.79 Å². The Kier molecular flexibility index (Phi) is 3.53. The van der Waals surface area contributed by atoms with E-state index in [2.05, 4.69) is 0 Å². The Morgan fingerprint density at radius 1 is 1.75 bits per heavy atom. The van der Waals surface area contributed by atoms with Crippen LogP contribution in [0.1, 0.15) is 13.8 Å². The molecule has 0 spiro atoms. The summed E-state index contributed by atoms with van der Waals surface area (Å²) >= 11 is 5.24. The molecule has 0 aliphatic heterocycles. The maximum Gasteiger partial charge on any atom is 0.172 e. The maximum atomic E-state index is 10.5. The summed E-state index contributed by atoms with van der Waals surface area (Å²) in [5.41, 5.74) is 0.736. The topological polar surface area (TPSA) is 17.1 Å². The zero-order valence-electron chi connectivity index (χ0n) is 5.07. The van der Waals surface area contributed by atoms with Crippen molar-refractivity contribution in [3.8, 4) is 0 Å². The van der Waals surface area contributed by atoms with Gasteiger partial charge in [-0.2, -0.15) is 0 Å². The van der Waals surface area contributed by atoms with E-state index >= 15 is 0 Å². The van der Waals surface area contributed by atoms with Crippen LogP contribution >= 0.6 is 11.6 Å². The molecule has 0 radical (unpaired) electrons. The fraction of sp³-hybridized carbons (Fsp3) is 0.500. The number of allylic oxidation sites excluding steroid dienone is 2. The molecular formula is C6H9ClO. The van der Waals surface area contributed by atoms with Crippen molar-refractivity contribution in [2.75, 3.05) is 5.88 Å². The molecule has 0 bridgehead atoms. The first kappa shape index (κ1) is 7.70. The Hall–Kier alpha value is -0.300. The Morgan fingerprint density at radius 2 is 2.25 bits per heavy atom. The Labute approximate surface area is 54.3 Å². The predicted octanol–water partition coefficient (Wildman–Crippen LogP) is 1.76. The van der Waals surface area contributed by atoms with Crippen molar-refractivity contribution in [1.29, 1.82) is 0 Å². The van der Waals surface area contributed by atoms with Gasteiger partial charge in [-0.15, -0.1) is 11.6 Å². The molecule has 0 unspecified atom stereocenters. The molecule has 1 nitrogen and oxygen atoms in total. The molecule has 0 aromatic carbocycles. The average molecular weight is 133 g/mol. The molecule has 0 heterocycles. The standard InChI is InChI=1S/C6H9ClO/c1-3-5(2)6(8)4-7/h3H,4H2,1-2H3. The van der Waals surface area contributed by atoms with Gasteiger partial charge in [0, 0.05) is 0 Å². The Balaban J connectivity index is 3.83. The number of halogens is 1. The summed E-state index contributed by atoms with van der Waals surface area (Å²) in [5, 5.41) is 0. The highest BCUT2D eigenvalue weighted by molar-refractivity contribution is 6.30. The van der Waals surface area contributed by atoms with E-state index in [4.69, 9.17) is 11.6 Å². The van der Waals surface area contributed by atoms with Crippen LogP contribution in [0.5, 0.6) is 0 Å². The van der Waals surface area contributed by atoms with Crippen molar-refractivity contribution in [3.63, 3.8) is 0 Å². The second-order valence-electron chi connectivity index (χ2n) is 1.53. The summed E-state index contributed by atoms with van der Waals surface area (Å²) in [6.45, 7) is 3.57. The van der Waals surface area contributed by atoms with Crippen LogP contribution in [0.2, 0.25) is 0 Å². The number of alkyl halides is 1. The predicted molar refractivity (Wildman–Crippen MR) is 35.2 cm³/mol. The van der Waals surface area contributed by atoms with Crippen LogP contribution < -0.4 is 0 Å². The van der Waals surface area contributed by atoms with Gasteiger partial charge in [0.1, 0.15) is 0 Å². The normalized spacial score (nSPS) is 11.6. The lowest BCUT2D eigenvalue weighted by Crippen LogP contribution is -1.99. The van der Waals surface area contributed by atoms with Gasteiger partial charge in [0.15, 0.2) is 5.78 Å². The van der Waals surface area contributed by atoms with Crippen LogP contribution in [-0.2, 0) is 4.79 Å². The molecule has 0 aromatic heterocycles. The highest BCUT2D eigenvalue weighted by Crippen LogP contribution is 1.94. The molecule has 0 amide bonds. The van der Waals surface area contributed by atoms with Crippen molar-refractivity contribution in [2.24, 2.45) is 0 Å².